The van der Waals surface area contributed by atoms with Gasteiger partial charge in [0.1, 0.15) is 0 Å². The Bertz CT molecular complexity index is 207. The van der Waals surface area contributed by atoms with Crippen LogP contribution in [-0.4, -0.2) is 28.4 Å². The molecule has 0 amide bonds. The molecule has 90 valence electrons. The lowest BCUT2D eigenvalue weighted by Crippen LogP contribution is -2.31. The Kier molecular flexibility index (Phi) is 8.89. The highest BCUT2D eigenvalue weighted by molar-refractivity contribution is 6.76. The van der Waals surface area contributed by atoms with Crippen molar-refractivity contribution in [3.8, 4) is 0 Å². The largest absolute Gasteiger partial charge is 0.478 e. The van der Waals surface area contributed by atoms with Crippen molar-refractivity contribution in [2.45, 2.75) is 46.1 Å². The molecule has 0 heterocycles. The van der Waals surface area contributed by atoms with Crippen LogP contribution in [0.1, 0.15) is 13.3 Å². The van der Waals surface area contributed by atoms with Gasteiger partial charge in [-0.2, -0.15) is 0 Å². The van der Waals surface area contributed by atoms with Crippen molar-refractivity contribution in [2.75, 3.05) is 0 Å². The topological polar surface area (TPSA) is 46.5 Å². The average Bonchev–Trinajstić information content (AvgIpc) is 1.99. The van der Waals surface area contributed by atoms with E-state index >= 15 is 0 Å². The molecule has 5 heteroatoms. The fourth-order valence-corrected chi connectivity index (χ4v) is 6.52. The molecule has 0 atom stereocenters. The van der Waals surface area contributed by atoms with Gasteiger partial charge in [-0.05, 0) is 39.2 Å². The minimum Gasteiger partial charge on any atom is -0.478 e. The van der Waals surface area contributed by atoms with Crippen LogP contribution in [0.15, 0.2) is 12.2 Å². The lowest BCUT2D eigenvalue weighted by Gasteiger charge is -2.19. The fraction of sp³-hybridized carbons (Fsp3) is 0.700. The quantitative estimate of drug-likeness (QED) is 0.615. The molecule has 0 aromatic carbocycles. The van der Waals surface area contributed by atoms with E-state index in [-0.39, 0.29) is 5.57 Å². The molecule has 0 saturated carbocycles. The summed E-state index contributed by atoms with van der Waals surface area (Å²) in [6.07, 6.45) is 0.523. The Morgan fingerprint density at radius 3 is 1.80 bits per heavy atom. The van der Waals surface area contributed by atoms with E-state index in [4.69, 9.17) is 9.22 Å². The van der Waals surface area contributed by atoms with Crippen LogP contribution in [0.5, 0.6) is 0 Å². The molecule has 0 bridgehead atoms. The second-order valence-corrected chi connectivity index (χ2v) is 11.8. The van der Waals surface area contributed by atoms with Crippen LogP contribution in [0, 0.1) is 0 Å². The summed E-state index contributed by atoms with van der Waals surface area (Å²) < 4.78 is 5.72. The molecule has 0 radical (unpaired) electrons. The van der Waals surface area contributed by atoms with Gasteiger partial charge >= 0.3 is 5.97 Å². The van der Waals surface area contributed by atoms with Gasteiger partial charge in [-0.3, -0.25) is 0 Å². The van der Waals surface area contributed by atoms with Gasteiger partial charge in [0.2, 0.25) is 0 Å². The maximum Gasteiger partial charge on any atom is 0.330 e. The van der Waals surface area contributed by atoms with E-state index in [2.05, 4.69) is 39.3 Å². The summed E-state index contributed by atoms with van der Waals surface area (Å²) in [6.45, 7) is 16.2. The Morgan fingerprint density at radius 1 is 1.40 bits per heavy atom. The first-order chi connectivity index (χ1) is 6.60. The van der Waals surface area contributed by atoms with Gasteiger partial charge in [0.25, 0.3) is 0 Å². The van der Waals surface area contributed by atoms with Crippen molar-refractivity contribution in [3.05, 3.63) is 12.2 Å². The SMILES string of the molecule is C=C(CC)C(=O)O.C[SiH](C)O[Si](C)(C)C. The smallest absolute Gasteiger partial charge is 0.330 e. The van der Waals surface area contributed by atoms with Crippen molar-refractivity contribution in [1.82, 2.24) is 0 Å². The Balaban J connectivity index is 0. The number of carboxylic acid groups (broad SMARTS) is 1. The Hall–Kier alpha value is -0.396. The van der Waals surface area contributed by atoms with Gasteiger partial charge in [0, 0.05) is 5.57 Å². The molecule has 0 rings (SSSR count). The molecular formula is C10H24O3Si2. The van der Waals surface area contributed by atoms with E-state index in [9.17, 15) is 4.79 Å². The van der Waals surface area contributed by atoms with E-state index < -0.39 is 23.3 Å². The van der Waals surface area contributed by atoms with E-state index in [1.54, 1.807) is 6.92 Å². The summed E-state index contributed by atoms with van der Waals surface area (Å²) in [5.41, 5.74) is 0.264. The highest BCUT2D eigenvalue weighted by Gasteiger charge is 2.14. The summed E-state index contributed by atoms with van der Waals surface area (Å²) in [5, 5.41) is 8.08. The highest BCUT2D eigenvalue weighted by atomic mass is 28.4. The molecule has 0 aliphatic heterocycles. The minimum atomic E-state index is -1.16. The molecule has 0 spiro atoms. The zero-order valence-electron chi connectivity index (χ0n) is 10.8. The second kappa shape index (κ2) is 7.84. The van der Waals surface area contributed by atoms with Crippen LogP contribution < -0.4 is 0 Å². The van der Waals surface area contributed by atoms with Crippen LogP contribution in [0.4, 0.5) is 0 Å². The Labute approximate surface area is 96.0 Å². The summed E-state index contributed by atoms with van der Waals surface area (Å²) in [4.78, 5) is 9.83. The highest BCUT2D eigenvalue weighted by Crippen LogP contribution is 2.03. The molecule has 0 aliphatic carbocycles. The van der Waals surface area contributed by atoms with Crippen molar-refractivity contribution >= 4 is 23.3 Å². The number of rotatable bonds is 4. The monoisotopic (exact) mass is 248 g/mol. The van der Waals surface area contributed by atoms with Gasteiger partial charge in [-0.1, -0.05) is 13.5 Å². The molecule has 3 nitrogen and oxygen atoms in total. The molecule has 0 aliphatic rings. The second-order valence-electron chi connectivity index (χ2n) is 4.54. The van der Waals surface area contributed by atoms with Crippen LogP contribution >= 0.6 is 0 Å². The normalized spacial score (nSPS) is 10.6. The lowest BCUT2D eigenvalue weighted by atomic mass is 10.2. The van der Waals surface area contributed by atoms with E-state index in [1.807, 2.05) is 0 Å². The number of carbonyl (C=O) groups is 1. The summed E-state index contributed by atoms with van der Waals surface area (Å²) in [7, 11) is -1.89. The average molecular weight is 248 g/mol. The van der Waals surface area contributed by atoms with E-state index in [1.165, 1.54) is 0 Å². The molecule has 0 aromatic rings. The van der Waals surface area contributed by atoms with Crippen molar-refractivity contribution < 1.29 is 14.0 Å². The first-order valence-corrected chi connectivity index (χ1v) is 11.4. The summed E-state index contributed by atoms with van der Waals surface area (Å²) >= 11 is 0. The molecule has 1 N–H and O–H groups in total. The van der Waals surface area contributed by atoms with Gasteiger partial charge < -0.3 is 9.22 Å². The van der Waals surface area contributed by atoms with Crippen molar-refractivity contribution in [2.24, 2.45) is 0 Å². The first kappa shape index (κ1) is 17.0. The first-order valence-electron chi connectivity index (χ1n) is 5.19. The Morgan fingerprint density at radius 2 is 1.80 bits per heavy atom. The van der Waals surface area contributed by atoms with E-state index in [0.29, 0.717) is 6.42 Å². The van der Waals surface area contributed by atoms with Gasteiger partial charge in [-0.15, -0.1) is 0 Å². The fourth-order valence-electron chi connectivity index (χ4n) is 0.858. The molecule has 0 unspecified atom stereocenters. The van der Waals surface area contributed by atoms with Gasteiger partial charge in [-0.25, -0.2) is 4.79 Å². The van der Waals surface area contributed by atoms with Crippen LogP contribution in [0.2, 0.25) is 32.7 Å². The molecule has 0 fully saturated rings. The number of hydrogen-bond acceptors (Lipinski definition) is 2. The predicted molar refractivity (Wildman–Crippen MR) is 70.4 cm³/mol. The number of carboxylic acids is 1. The number of aliphatic carboxylic acids is 1. The third-order valence-electron chi connectivity index (χ3n) is 1.32. The summed E-state index contributed by atoms with van der Waals surface area (Å²) in [5.74, 6) is -0.900. The zero-order chi connectivity index (χ0) is 12.6. The third-order valence-corrected chi connectivity index (χ3v) is 6.03. The zero-order valence-corrected chi connectivity index (χ0v) is 12.9. The van der Waals surface area contributed by atoms with Crippen LogP contribution in [-0.2, 0) is 8.91 Å². The van der Waals surface area contributed by atoms with Crippen LogP contribution in [0.3, 0.4) is 0 Å². The van der Waals surface area contributed by atoms with Crippen LogP contribution in [0.25, 0.3) is 0 Å². The molecule has 15 heavy (non-hydrogen) atoms. The maximum atomic E-state index is 9.83. The summed E-state index contributed by atoms with van der Waals surface area (Å²) in [6, 6.07) is 0. The number of hydrogen-bond donors (Lipinski definition) is 1. The lowest BCUT2D eigenvalue weighted by molar-refractivity contribution is -0.132. The molecule has 0 saturated heterocycles. The van der Waals surface area contributed by atoms with E-state index in [0.717, 1.165) is 0 Å². The standard InChI is InChI=1S/C5H8O2.C5H16OSi2/c1-3-4(2)5(6)7;1-7(2)6-8(3,4)5/h2-3H2,1H3,(H,6,7);7H,1-5H3. The molecular weight excluding hydrogens is 224 g/mol. The van der Waals surface area contributed by atoms with Crippen molar-refractivity contribution in [1.29, 1.82) is 0 Å². The van der Waals surface area contributed by atoms with Gasteiger partial charge in [0.05, 0.1) is 0 Å². The minimum absolute atomic E-state index is 0.264. The predicted octanol–water partition coefficient (Wildman–Crippen LogP) is 2.86. The van der Waals surface area contributed by atoms with Gasteiger partial charge in [0.15, 0.2) is 17.4 Å². The third kappa shape index (κ3) is 16.3. The van der Waals surface area contributed by atoms with Crippen molar-refractivity contribution in [3.63, 3.8) is 0 Å². The molecule has 0 aromatic heterocycles. The maximum absolute atomic E-state index is 9.83.